The highest BCUT2D eigenvalue weighted by Gasteiger charge is 2.25. The van der Waals surface area contributed by atoms with E-state index in [2.05, 4.69) is 16.0 Å². The Morgan fingerprint density at radius 2 is 2.17 bits per heavy atom. The first-order valence-corrected chi connectivity index (χ1v) is 7.67. The van der Waals surface area contributed by atoms with Crippen molar-refractivity contribution in [2.24, 2.45) is 0 Å². The molecule has 24 heavy (non-hydrogen) atoms. The number of oxazole rings is 1. The third-order valence-electron chi connectivity index (χ3n) is 4.11. The summed E-state index contributed by atoms with van der Waals surface area (Å²) in [5.74, 6) is 1.12. The summed E-state index contributed by atoms with van der Waals surface area (Å²) in [5, 5.41) is 20.9. The average molecular weight is 318 g/mol. The number of hydrogen-bond acceptors (Lipinski definition) is 5. The zero-order valence-corrected chi connectivity index (χ0v) is 12.8. The van der Waals surface area contributed by atoms with Crippen molar-refractivity contribution in [1.29, 1.82) is 5.26 Å². The van der Waals surface area contributed by atoms with Crippen LogP contribution in [0, 0.1) is 16.5 Å². The zero-order valence-electron chi connectivity index (χ0n) is 12.8. The molecule has 4 rings (SSSR count). The van der Waals surface area contributed by atoms with E-state index < -0.39 is 0 Å². The fourth-order valence-electron chi connectivity index (χ4n) is 2.89. The van der Waals surface area contributed by atoms with Crippen LogP contribution in [0.1, 0.15) is 17.0 Å². The van der Waals surface area contributed by atoms with Crippen LogP contribution < -0.4 is 9.63 Å². The molecule has 0 spiro atoms. The molecule has 1 aromatic carbocycles. The van der Waals surface area contributed by atoms with Crippen molar-refractivity contribution in [3.05, 3.63) is 70.9 Å². The minimum atomic E-state index is 0.350. The summed E-state index contributed by atoms with van der Waals surface area (Å²) in [6.45, 7) is 1.36. The molecule has 118 valence electrons. The fourth-order valence-corrected chi connectivity index (χ4v) is 2.89. The van der Waals surface area contributed by atoms with Gasteiger partial charge in [-0.3, -0.25) is 0 Å². The number of hydrogen-bond donors (Lipinski definition) is 0. The van der Waals surface area contributed by atoms with Gasteiger partial charge in [0.05, 0.1) is 23.9 Å². The Labute approximate surface area is 138 Å². The van der Waals surface area contributed by atoms with Gasteiger partial charge in [-0.15, -0.1) is 0 Å². The molecule has 0 saturated heterocycles. The molecule has 0 bridgehead atoms. The highest BCUT2D eigenvalue weighted by molar-refractivity contribution is 5.53. The maximum Gasteiger partial charge on any atom is 0.294 e. The van der Waals surface area contributed by atoms with Gasteiger partial charge in [0.25, 0.3) is 11.6 Å². The Morgan fingerprint density at radius 1 is 1.25 bits per heavy atom. The topological polar surface area (TPSA) is 80.0 Å². The van der Waals surface area contributed by atoms with Crippen LogP contribution in [0.2, 0.25) is 0 Å². The Hall–Kier alpha value is -3.33. The lowest BCUT2D eigenvalue weighted by molar-refractivity contribution is -0.594. The van der Waals surface area contributed by atoms with Crippen molar-refractivity contribution >= 4 is 5.69 Å². The first-order chi connectivity index (χ1) is 11.7. The molecule has 0 fully saturated rings. The highest BCUT2D eigenvalue weighted by atomic mass is 16.5. The van der Waals surface area contributed by atoms with Crippen LogP contribution in [0.25, 0.3) is 11.6 Å². The lowest BCUT2D eigenvalue weighted by atomic mass is 10.1. The van der Waals surface area contributed by atoms with Crippen molar-refractivity contribution in [2.75, 3.05) is 11.4 Å². The van der Waals surface area contributed by atoms with Crippen molar-refractivity contribution in [3.8, 4) is 17.7 Å². The molecule has 0 amide bonds. The maximum absolute atomic E-state index is 11.9. The fraction of sp³-hybridized carbons (Fsp3) is 0.167. The van der Waals surface area contributed by atoms with E-state index in [0.717, 1.165) is 34.8 Å². The average Bonchev–Trinajstić information content (AvgIpc) is 3.05. The molecule has 1 aliphatic rings. The minimum absolute atomic E-state index is 0.350. The van der Waals surface area contributed by atoms with E-state index in [1.807, 2.05) is 18.2 Å². The summed E-state index contributed by atoms with van der Waals surface area (Å²) in [7, 11) is 0. The smallest absolute Gasteiger partial charge is 0.294 e. The molecular formula is C18H14N4O2. The number of nitriles is 1. The molecule has 0 N–H and O–H groups in total. The van der Waals surface area contributed by atoms with Gasteiger partial charge in [-0.2, -0.15) is 9.99 Å². The molecule has 6 heteroatoms. The van der Waals surface area contributed by atoms with E-state index in [-0.39, 0.29) is 0 Å². The second kappa shape index (κ2) is 5.70. The second-order valence-corrected chi connectivity index (χ2v) is 5.63. The van der Waals surface area contributed by atoms with Crippen molar-refractivity contribution < 1.29 is 9.15 Å². The number of benzene rings is 1. The summed E-state index contributed by atoms with van der Waals surface area (Å²) in [4.78, 5) is 6.62. The molecule has 2 aromatic heterocycles. The Balaban J connectivity index is 1.64. The van der Waals surface area contributed by atoms with Gasteiger partial charge in [0.1, 0.15) is 5.76 Å². The molecule has 0 saturated carbocycles. The first-order valence-electron chi connectivity index (χ1n) is 7.67. The second-order valence-electron chi connectivity index (χ2n) is 5.63. The SMILES string of the molecule is N#Cc1cccc(N2CCc3nc(-c4cccc[n+]4[O-])oc3C2)c1. The molecule has 0 aliphatic carbocycles. The van der Waals surface area contributed by atoms with Gasteiger partial charge in [0.2, 0.25) is 0 Å². The molecule has 0 atom stereocenters. The quantitative estimate of drug-likeness (QED) is 0.535. The normalized spacial score (nSPS) is 13.4. The predicted octanol–water partition coefficient (Wildman–Crippen LogP) is 2.41. The van der Waals surface area contributed by atoms with Gasteiger partial charge in [0, 0.05) is 30.8 Å². The van der Waals surface area contributed by atoms with Crippen LogP contribution in [-0.2, 0) is 13.0 Å². The van der Waals surface area contributed by atoms with Gasteiger partial charge in [-0.05, 0) is 24.3 Å². The molecular weight excluding hydrogens is 304 g/mol. The molecule has 1 aliphatic heterocycles. The largest absolute Gasteiger partial charge is 0.618 e. The minimum Gasteiger partial charge on any atom is -0.618 e. The van der Waals surface area contributed by atoms with Crippen LogP contribution >= 0.6 is 0 Å². The lowest BCUT2D eigenvalue weighted by Gasteiger charge is -2.27. The Morgan fingerprint density at radius 3 is 3.00 bits per heavy atom. The standard InChI is InChI=1S/C18H14N4O2/c19-11-13-4-3-5-14(10-13)21-9-7-15-17(12-21)24-18(20-15)16-6-1-2-8-22(16)23/h1-6,8,10H,7,9,12H2. The number of fused-ring (bicyclic) bond motifs is 1. The van der Waals surface area contributed by atoms with E-state index >= 15 is 0 Å². The monoisotopic (exact) mass is 318 g/mol. The van der Waals surface area contributed by atoms with Crippen LogP contribution in [0.5, 0.6) is 0 Å². The van der Waals surface area contributed by atoms with Crippen LogP contribution in [0.4, 0.5) is 5.69 Å². The highest BCUT2D eigenvalue weighted by Crippen LogP contribution is 2.28. The summed E-state index contributed by atoms with van der Waals surface area (Å²) < 4.78 is 6.60. The van der Waals surface area contributed by atoms with Gasteiger partial charge in [-0.1, -0.05) is 6.07 Å². The number of rotatable bonds is 2. The maximum atomic E-state index is 11.9. The molecule has 0 radical (unpaired) electrons. The predicted molar refractivity (Wildman–Crippen MR) is 86.8 cm³/mol. The molecule has 6 nitrogen and oxygen atoms in total. The third kappa shape index (κ3) is 2.46. The van der Waals surface area contributed by atoms with Crippen LogP contribution in [0.15, 0.2) is 53.1 Å². The number of aromatic nitrogens is 2. The summed E-state index contributed by atoms with van der Waals surface area (Å²) >= 11 is 0. The molecule has 3 aromatic rings. The van der Waals surface area contributed by atoms with Crippen LogP contribution in [-0.4, -0.2) is 11.5 Å². The molecule has 3 heterocycles. The van der Waals surface area contributed by atoms with Crippen LogP contribution in [0.3, 0.4) is 0 Å². The van der Waals surface area contributed by atoms with Gasteiger partial charge >= 0.3 is 0 Å². The summed E-state index contributed by atoms with van der Waals surface area (Å²) in [6.07, 6.45) is 2.17. The van der Waals surface area contributed by atoms with Crippen molar-refractivity contribution in [2.45, 2.75) is 13.0 Å². The van der Waals surface area contributed by atoms with E-state index in [0.29, 0.717) is 23.7 Å². The van der Waals surface area contributed by atoms with Crippen molar-refractivity contribution in [1.82, 2.24) is 4.98 Å². The van der Waals surface area contributed by atoms with E-state index in [4.69, 9.17) is 9.68 Å². The van der Waals surface area contributed by atoms with Gasteiger partial charge < -0.3 is 14.5 Å². The Kier molecular flexibility index (Phi) is 3.39. The lowest BCUT2D eigenvalue weighted by Crippen LogP contribution is -2.29. The van der Waals surface area contributed by atoms with E-state index in [1.165, 1.54) is 6.20 Å². The van der Waals surface area contributed by atoms with E-state index in [9.17, 15) is 5.21 Å². The Bertz CT molecular complexity index is 942. The summed E-state index contributed by atoms with van der Waals surface area (Å²) in [6, 6.07) is 14.8. The number of nitrogens with zero attached hydrogens (tertiary/aromatic N) is 4. The number of anilines is 1. The van der Waals surface area contributed by atoms with Crippen molar-refractivity contribution in [3.63, 3.8) is 0 Å². The third-order valence-corrected chi connectivity index (χ3v) is 4.11. The number of pyridine rings is 1. The summed E-state index contributed by atoms with van der Waals surface area (Å²) in [5.41, 5.74) is 2.91. The first kappa shape index (κ1) is 14.3. The van der Waals surface area contributed by atoms with E-state index in [1.54, 1.807) is 24.3 Å². The van der Waals surface area contributed by atoms with Gasteiger partial charge in [-0.25, -0.2) is 4.98 Å². The zero-order chi connectivity index (χ0) is 16.5. The van der Waals surface area contributed by atoms with Gasteiger partial charge in [0.15, 0.2) is 6.20 Å². The molecule has 0 unspecified atom stereocenters.